The summed E-state index contributed by atoms with van der Waals surface area (Å²) in [6.07, 6.45) is 1.01. The highest BCUT2D eigenvalue weighted by molar-refractivity contribution is 7.86. The Bertz CT molecular complexity index is 778. The zero-order chi connectivity index (χ0) is 17.2. The third-order valence-electron chi connectivity index (χ3n) is 4.59. The van der Waals surface area contributed by atoms with Gasteiger partial charge in [0.05, 0.1) is 11.5 Å². The smallest absolute Gasteiger partial charge is 0.297 e. The van der Waals surface area contributed by atoms with Crippen molar-refractivity contribution in [3.8, 4) is 0 Å². The normalized spacial score (nSPS) is 21.4. The van der Waals surface area contributed by atoms with E-state index in [2.05, 4.69) is 13.8 Å². The van der Waals surface area contributed by atoms with Crippen molar-refractivity contribution in [1.82, 2.24) is 0 Å². The zero-order valence-electron chi connectivity index (χ0n) is 13.9. The van der Waals surface area contributed by atoms with Crippen LogP contribution in [0, 0.1) is 0 Å². The molecule has 0 bridgehead atoms. The maximum Gasteiger partial charge on any atom is 0.297 e. The molecule has 24 heavy (non-hydrogen) atoms. The van der Waals surface area contributed by atoms with Gasteiger partial charge in [0.25, 0.3) is 10.1 Å². The standard InChI is InChI=1S/C19H22O4S/c1-3-15(2)16-9-11-18(12-10-16)24(20,21)23-14-19(13-22-19)17-7-5-4-6-8-17/h4-12,15H,3,13-14H2,1-2H3. The number of rotatable bonds is 7. The fraction of sp³-hybridized carbons (Fsp3) is 0.368. The van der Waals surface area contributed by atoms with Crippen molar-refractivity contribution in [3.05, 3.63) is 65.7 Å². The van der Waals surface area contributed by atoms with Gasteiger partial charge in [0.2, 0.25) is 0 Å². The summed E-state index contributed by atoms with van der Waals surface area (Å²) in [6, 6.07) is 16.5. The molecule has 0 aromatic heterocycles. The van der Waals surface area contributed by atoms with E-state index in [1.54, 1.807) is 12.1 Å². The Kier molecular flexibility index (Phi) is 4.76. The van der Waals surface area contributed by atoms with Gasteiger partial charge >= 0.3 is 0 Å². The molecule has 1 saturated heterocycles. The van der Waals surface area contributed by atoms with Gasteiger partial charge in [-0.1, -0.05) is 56.3 Å². The van der Waals surface area contributed by atoms with Crippen LogP contribution in [0.2, 0.25) is 0 Å². The van der Waals surface area contributed by atoms with E-state index in [9.17, 15) is 8.42 Å². The van der Waals surface area contributed by atoms with Gasteiger partial charge in [0.15, 0.2) is 0 Å². The second kappa shape index (κ2) is 6.67. The third kappa shape index (κ3) is 3.53. The van der Waals surface area contributed by atoms with Gasteiger partial charge in [-0.2, -0.15) is 8.42 Å². The summed E-state index contributed by atoms with van der Waals surface area (Å²) in [7, 11) is -3.79. The molecule has 2 atom stereocenters. The summed E-state index contributed by atoms with van der Waals surface area (Å²) in [5.74, 6) is 0.406. The predicted octanol–water partition coefficient (Wildman–Crippen LogP) is 3.83. The highest BCUT2D eigenvalue weighted by atomic mass is 32.2. The molecule has 1 fully saturated rings. The van der Waals surface area contributed by atoms with Crippen LogP contribution in [0.4, 0.5) is 0 Å². The number of epoxide rings is 1. The van der Waals surface area contributed by atoms with Gasteiger partial charge in [0, 0.05) is 0 Å². The lowest BCUT2D eigenvalue weighted by atomic mass is 9.99. The lowest BCUT2D eigenvalue weighted by molar-refractivity contribution is 0.194. The highest BCUT2D eigenvalue weighted by Crippen LogP contribution is 2.39. The van der Waals surface area contributed by atoms with Crippen molar-refractivity contribution < 1.29 is 17.3 Å². The van der Waals surface area contributed by atoms with Gasteiger partial charge in [0.1, 0.15) is 12.2 Å². The quantitative estimate of drug-likeness (QED) is 0.565. The van der Waals surface area contributed by atoms with E-state index in [-0.39, 0.29) is 11.5 Å². The average molecular weight is 346 g/mol. The Labute approximate surface area is 143 Å². The largest absolute Gasteiger partial charge is 0.362 e. The number of benzene rings is 2. The van der Waals surface area contributed by atoms with Crippen LogP contribution in [-0.4, -0.2) is 21.6 Å². The molecule has 0 N–H and O–H groups in total. The molecule has 0 aliphatic carbocycles. The number of ether oxygens (including phenoxy) is 1. The van der Waals surface area contributed by atoms with E-state index >= 15 is 0 Å². The maximum atomic E-state index is 12.4. The van der Waals surface area contributed by atoms with E-state index in [1.165, 1.54) is 0 Å². The molecule has 0 spiro atoms. The molecular formula is C19H22O4S. The molecule has 128 valence electrons. The summed E-state index contributed by atoms with van der Waals surface area (Å²) < 4.78 is 35.6. The molecule has 4 nitrogen and oxygen atoms in total. The molecule has 0 saturated carbocycles. The Balaban J connectivity index is 1.71. The summed E-state index contributed by atoms with van der Waals surface area (Å²) >= 11 is 0. The van der Waals surface area contributed by atoms with Crippen LogP contribution in [0.15, 0.2) is 59.5 Å². The minimum atomic E-state index is -3.79. The minimum Gasteiger partial charge on any atom is -0.362 e. The molecule has 1 heterocycles. The monoisotopic (exact) mass is 346 g/mol. The van der Waals surface area contributed by atoms with Crippen molar-refractivity contribution in [2.45, 2.75) is 36.7 Å². The Morgan fingerprint density at radius 1 is 1.12 bits per heavy atom. The average Bonchev–Trinajstić information content (AvgIpc) is 3.42. The fourth-order valence-electron chi connectivity index (χ4n) is 2.60. The number of hydrogen-bond acceptors (Lipinski definition) is 4. The zero-order valence-corrected chi connectivity index (χ0v) is 14.8. The summed E-state index contributed by atoms with van der Waals surface area (Å²) in [6.45, 7) is 4.69. The van der Waals surface area contributed by atoms with Crippen molar-refractivity contribution in [2.24, 2.45) is 0 Å². The Morgan fingerprint density at radius 2 is 1.75 bits per heavy atom. The molecular weight excluding hydrogens is 324 g/mol. The molecule has 0 amide bonds. The van der Waals surface area contributed by atoms with Crippen molar-refractivity contribution in [2.75, 3.05) is 13.2 Å². The van der Waals surface area contributed by atoms with Crippen LogP contribution in [0.5, 0.6) is 0 Å². The van der Waals surface area contributed by atoms with E-state index in [4.69, 9.17) is 8.92 Å². The third-order valence-corrected chi connectivity index (χ3v) is 5.87. The molecule has 2 aromatic rings. The van der Waals surface area contributed by atoms with E-state index < -0.39 is 15.7 Å². The van der Waals surface area contributed by atoms with Crippen molar-refractivity contribution >= 4 is 10.1 Å². The van der Waals surface area contributed by atoms with Crippen molar-refractivity contribution in [1.29, 1.82) is 0 Å². The first-order chi connectivity index (χ1) is 11.5. The molecule has 0 radical (unpaired) electrons. The highest BCUT2D eigenvalue weighted by Gasteiger charge is 2.48. The predicted molar refractivity (Wildman–Crippen MR) is 92.4 cm³/mol. The minimum absolute atomic E-state index is 0.00748. The Hall–Kier alpha value is -1.69. The lowest BCUT2D eigenvalue weighted by Gasteiger charge is -2.14. The van der Waals surface area contributed by atoms with Gasteiger partial charge in [-0.15, -0.1) is 0 Å². The topological polar surface area (TPSA) is 55.9 Å². The van der Waals surface area contributed by atoms with Crippen LogP contribution in [0.3, 0.4) is 0 Å². The maximum absolute atomic E-state index is 12.4. The first-order valence-corrected chi connectivity index (χ1v) is 9.56. The molecule has 2 aromatic carbocycles. The van der Waals surface area contributed by atoms with Crippen LogP contribution < -0.4 is 0 Å². The summed E-state index contributed by atoms with van der Waals surface area (Å²) in [5.41, 5.74) is 1.43. The molecule has 1 aliphatic heterocycles. The molecule has 2 unspecified atom stereocenters. The SMILES string of the molecule is CCC(C)c1ccc(S(=O)(=O)OCC2(c3ccccc3)CO2)cc1. The first-order valence-electron chi connectivity index (χ1n) is 8.16. The fourth-order valence-corrected chi connectivity index (χ4v) is 3.55. The van der Waals surface area contributed by atoms with E-state index in [1.807, 2.05) is 42.5 Å². The van der Waals surface area contributed by atoms with Crippen LogP contribution in [0.1, 0.15) is 37.3 Å². The van der Waals surface area contributed by atoms with Crippen LogP contribution >= 0.6 is 0 Å². The molecule has 1 aliphatic rings. The van der Waals surface area contributed by atoms with Gasteiger partial charge in [-0.25, -0.2) is 0 Å². The Morgan fingerprint density at radius 3 is 2.29 bits per heavy atom. The van der Waals surface area contributed by atoms with Crippen LogP contribution in [0.25, 0.3) is 0 Å². The molecule has 3 rings (SSSR count). The second-order valence-electron chi connectivity index (χ2n) is 6.24. The second-order valence-corrected chi connectivity index (χ2v) is 7.86. The van der Waals surface area contributed by atoms with Crippen LogP contribution in [-0.2, 0) is 24.6 Å². The van der Waals surface area contributed by atoms with Crippen molar-refractivity contribution in [3.63, 3.8) is 0 Å². The van der Waals surface area contributed by atoms with Gasteiger partial charge in [-0.05, 0) is 35.6 Å². The number of hydrogen-bond donors (Lipinski definition) is 0. The van der Waals surface area contributed by atoms with E-state index in [0.29, 0.717) is 12.5 Å². The summed E-state index contributed by atoms with van der Waals surface area (Å²) in [5, 5.41) is 0. The van der Waals surface area contributed by atoms with E-state index in [0.717, 1.165) is 17.5 Å². The lowest BCUT2D eigenvalue weighted by Crippen LogP contribution is -2.20. The van der Waals surface area contributed by atoms with Gasteiger partial charge in [-0.3, -0.25) is 4.18 Å². The first kappa shape index (κ1) is 17.1. The van der Waals surface area contributed by atoms with Gasteiger partial charge < -0.3 is 4.74 Å². The summed E-state index contributed by atoms with van der Waals surface area (Å²) in [4.78, 5) is 0.179. The molecule has 5 heteroatoms.